The molecule has 0 heterocycles. The summed E-state index contributed by atoms with van der Waals surface area (Å²) in [4.78, 5) is 10.5. The van der Waals surface area contributed by atoms with Crippen LogP contribution >= 0.6 is 11.6 Å². The molecule has 0 aliphatic heterocycles. The Labute approximate surface area is 116 Å². The Kier molecular flexibility index (Phi) is 5.34. The summed E-state index contributed by atoms with van der Waals surface area (Å²) < 4.78 is 5.32. The lowest BCUT2D eigenvalue weighted by Gasteiger charge is -2.10. The van der Waals surface area contributed by atoms with E-state index in [4.69, 9.17) is 21.6 Å². The van der Waals surface area contributed by atoms with Crippen molar-refractivity contribution in [2.45, 2.75) is 20.3 Å². The molecule has 0 aliphatic carbocycles. The van der Waals surface area contributed by atoms with Gasteiger partial charge in [0.15, 0.2) is 0 Å². The van der Waals surface area contributed by atoms with E-state index in [2.05, 4.69) is 0 Å². The minimum absolute atomic E-state index is 0.0983. The number of benzene rings is 1. The highest BCUT2D eigenvalue weighted by molar-refractivity contribution is 6.50. The van der Waals surface area contributed by atoms with Crippen molar-refractivity contribution in [3.8, 4) is 11.8 Å². The van der Waals surface area contributed by atoms with Crippen molar-refractivity contribution in [1.29, 1.82) is 5.26 Å². The first kappa shape index (κ1) is 15.0. The van der Waals surface area contributed by atoms with Gasteiger partial charge in [-0.25, -0.2) is 0 Å². The van der Waals surface area contributed by atoms with E-state index < -0.39 is 4.92 Å². The number of halogens is 1. The minimum Gasteiger partial charge on any atom is -0.487 e. The number of ether oxygens (including phenoxy) is 1. The van der Waals surface area contributed by atoms with Crippen molar-refractivity contribution in [2.24, 2.45) is 0 Å². The van der Waals surface area contributed by atoms with Crippen LogP contribution < -0.4 is 4.74 Å². The smallest absolute Gasteiger partial charge is 0.311 e. The summed E-state index contributed by atoms with van der Waals surface area (Å²) in [6, 6.07) is 6.46. The van der Waals surface area contributed by atoms with Gasteiger partial charge in [0.2, 0.25) is 5.75 Å². The second-order valence-electron chi connectivity index (χ2n) is 3.60. The van der Waals surface area contributed by atoms with Crippen LogP contribution in [0.15, 0.2) is 23.8 Å². The summed E-state index contributed by atoms with van der Waals surface area (Å²) in [5, 5.41) is 20.2. The quantitative estimate of drug-likeness (QED) is 0.466. The predicted molar refractivity (Wildman–Crippen MR) is 72.9 cm³/mol. The van der Waals surface area contributed by atoms with E-state index in [0.29, 0.717) is 17.6 Å². The summed E-state index contributed by atoms with van der Waals surface area (Å²) in [5.74, 6) is 0.0983. The molecule has 6 heteroatoms. The Hall–Kier alpha value is -2.06. The Morgan fingerprint density at radius 3 is 2.68 bits per heavy atom. The topological polar surface area (TPSA) is 76.2 Å². The largest absolute Gasteiger partial charge is 0.487 e. The van der Waals surface area contributed by atoms with Crippen molar-refractivity contribution in [3.63, 3.8) is 0 Å². The van der Waals surface area contributed by atoms with Gasteiger partial charge in [-0.15, -0.1) is 0 Å². The number of nitro groups is 1. The average molecular weight is 281 g/mol. The molecule has 5 nitrogen and oxygen atoms in total. The molecule has 0 saturated carbocycles. The maximum atomic E-state index is 11.0. The van der Waals surface area contributed by atoms with Gasteiger partial charge in [-0.1, -0.05) is 24.6 Å². The monoisotopic (exact) mass is 280 g/mol. The lowest BCUT2D eigenvalue weighted by molar-refractivity contribution is -0.385. The van der Waals surface area contributed by atoms with Crippen molar-refractivity contribution >= 4 is 22.3 Å². The molecule has 0 saturated heterocycles. The fourth-order valence-electron chi connectivity index (χ4n) is 1.58. The van der Waals surface area contributed by atoms with Crippen LogP contribution in [0.25, 0.3) is 5.03 Å². The average Bonchev–Trinajstić information content (AvgIpc) is 2.40. The van der Waals surface area contributed by atoms with Gasteiger partial charge in [0, 0.05) is 17.2 Å². The van der Waals surface area contributed by atoms with E-state index in [0.717, 1.165) is 0 Å². The van der Waals surface area contributed by atoms with E-state index >= 15 is 0 Å². The van der Waals surface area contributed by atoms with Gasteiger partial charge in [-0.3, -0.25) is 10.1 Å². The van der Waals surface area contributed by atoms with Gasteiger partial charge in [0.05, 0.1) is 22.6 Å². The molecule has 0 unspecified atom stereocenters. The normalized spacial score (nSPS) is 11.5. The number of allylic oxidation sites excluding steroid dienone is 1. The number of nitro benzene ring substituents is 1. The molecule has 1 aromatic carbocycles. The molecule has 1 rings (SSSR count). The second kappa shape index (κ2) is 6.76. The molecule has 0 N–H and O–H groups in total. The number of hydrogen-bond acceptors (Lipinski definition) is 4. The number of nitrogens with zero attached hydrogens (tertiary/aromatic N) is 2. The molecule has 0 bridgehead atoms. The summed E-state index contributed by atoms with van der Waals surface area (Å²) in [5.41, 5.74) is 0.574. The Morgan fingerprint density at radius 2 is 2.21 bits per heavy atom. The lowest BCUT2D eigenvalue weighted by Crippen LogP contribution is -2.00. The van der Waals surface area contributed by atoms with Gasteiger partial charge in [0.25, 0.3) is 0 Å². The zero-order chi connectivity index (χ0) is 14.4. The first-order chi connectivity index (χ1) is 9.06. The Morgan fingerprint density at radius 1 is 1.53 bits per heavy atom. The molecule has 0 aliphatic rings. The van der Waals surface area contributed by atoms with Crippen LogP contribution in [0.5, 0.6) is 5.75 Å². The van der Waals surface area contributed by atoms with Crippen LogP contribution in [-0.4, -0.2) is 11.5 Å². The standard InChI is InChI=1S/C13H13ClN2O3/c1-3-9(8-15)12(14)10-6-5-7-11(16(17)18)13(10)19-4-2/h5-7H,3-4H2,1-2H3/b12-9+. The summed E-state index contributed by atoms with van der Waals surface area (Å²) in [6.07, 6.45) is 0.448. The molecular formula is C13H13ClN2O3. The van der Waals surface area contributed by atoms with Crippen molar-refractivity contribution in [2.75, 3.05) is 6.61 Å². The van der Waals surface area contributed by atoms with E-state index in [-0.39, 0.29) is 23.1 Å². The maximum Gasteiger partial charge on any atom is 0.311 e. The SMILES string of the molecule is CCOc1c(/C(Cl)=C(\C#N)CC)cccc1[N+](=O)[O-]. The van der Waals surface area contributed by atoms with E-state index in [1.807, 2.05) is 6.07 Å². The van der Waals surface area contributed by atoms with Crippen LogP contribution in [0.3, 0.4) is 0 Å². The fourth-order valence-corrected chi connectivity index (χ4v) is 1.91. The van der Waals surface area contributed by atoms with E-state index in [9.17, 15) is 10.1 Å². The maximum absolute atomic E-state index is 11.0. The first-order valence-corrected chi connectivity index (χ1v) is 6.13. The van der Waals surface area contributed by atoms with Crippen LogP contribution in [0.2, 0.25) is 0 Å². The predicted octanol–water partition coefficient (Wildman–Crippen LogP) is 3.88. The third kappa shape index (κ3) is 3.24. The zero-order valence-corrected chi connectivity index (χ0v) is 11.4. The highest BCUT2D eigenvalue weighted by Gasteiger charge is 2.21. The highest BCUT2D eigenvalue weighted by Crippen LogP contribution is 2.38. The molecule has 1 aromatic rings. The number of hydrogen-bond donors (Lipinski definition) is 0. The molecule has 0 aromatic heterocycles. The number of rotatable bonds is 5. The third-order valence-corrected chi connectivity index (χ3v) is 2.90. The van der Waals surface area contributed by atoms with Crippen molar-refractivity contribution < 1.29 is 9.66 Å². The second-order valence-corrected chi connectivity index (χ2v) is 3.98. The molecule has 100 valence electrons. The molecule has 0 atom stereocenters. The number of nitriles is 1. The van der Waals surface area contributed by atoms with Crippen LogP contribution in [0.4, 0.5) is 5.69 Å². The molecular weight excluding hydrogens is 268 g/mol. The van der Waals surface area contributed by atoms with Gasteiger partial charge >= 0.3 is 5.69 Å². The van der Waals surface area contributed by atoms with Gasteiger partial charge in [-0.2, -0.15) is 5.26 Å². The molecule has 19 heavy (non-hydrogen) atoms. The Bertz CT molecular complexity index is 561. The van der Waals surface area contributed by atoms with Gasteiger partial charge in [0.1, 0.15) is 0 Å². The fraction of sp³-hybridized carbons (Fsp3) is 0.308. The molecule has 0 amide bonds. The van der Waals surface area contributed by atoms with Gasteiger partial charge in [-0.05, 0) is 19.4 Å². The number of para-hydroxylation sites is 1. The summed E-state index contributed by atoms with van der Waals surface area (Å²) >= 11 is 6.14. The summed E-state index contributed by atoms with van der Waals surface area (Å²) in [6.45, 7) is 3.79. The lowest BCUT2D eigenvalue weighted by atomic mass is 10.1. The third-order valence-electron chi connectivity index (χ3n) is 2.47. The van der Waals surface area contributed by atoms with Crippen LogP contribution in [0, 0.1) is 21.4 Å². The van der Waals surface area contributed by atoms with Crippen LogP contribution in [-0.2, 0) is 0 Å². The van der Waals surface area contributed by atoms with Crippen molar-refractivity contribution in [3.05, 3.63) is 39.4 Å². The zero-order valence-electron chi connectivity index (χ0n) is 10.6. The molecule has 0 spiro atoms. The first-order valence-electron chi connectivity index (χ1n) is 5.76. The molecule has 0 radical (unpaired) electrons. The van der Waals surface area contributed by atoms with E-state index in [1.54, 1.807) is 19.9 Å². The summed E-state index contributed by atoms with van der Waals surface area (Å²) in [7, 11) is 0. The Balaban J connectivity index is 3.52. The highest BCUT2D eigenvalue weighted by atomic mass is 35.5. The van der Waals surface area contributed by atoms with Gasteiger partial charge < -0.3 is 4.74 Å². The molecule has 0 fully saturated rings. The van der Waals surface area contributed by atoms with Crippen LogP contribution in [0.1, 0.15) is 25.8 Å². The van der Waals surface area contributed by atoms with E-state index in [1.165, 1.54) is 12.1 Å². The van der Waals surface area contributed by atoms with Crippen molar-refractivity contribution in [1.82, 2.24) is 0 Å². The minimum atomic E-state index is -0.531.